The van der Waals surface area contributed by atoms with Crippen LogP contribution in [-0.2, 0) is 4.74 Å². The lowest BCUT2D eigenvalue weighted by atomic mass is 9.94. The van der Waals surface area contributed by atoms with Gasteiger partial charge in [-0.05, 0) is 33.7 Å². The molecule has 1 fully saturated rings. The first-order chi connectivity index (χ1) is 5.20. The maximum Gasteiger partial charge on any atom is 0.0515 e. The van der Waals surface area contributed by atoms with Crippen LogP contribution < -0.4 is 5.32 Å². The molecule has 1 saturated carbocycles. The second-order valence-electron chi connectivity index (χ2n) is 3.20. The van der Waals surface area contributed by atoms with E-state index in [0.29, 0.717) is 6.10 Å². The van der Waals surface area contributed by atoms with Crippen molar-refractivity contribution in [3.05, 3.63) is 0 Å². The minimum atomic E-state index is 0.384. The molecule has 0 amide bonds. The molecule has 0 bridgehead atoms. The monoisotopic (exact) mass is 159 g/mol. The van der Waals surface area contributed by atoms with E-state index in [2.05, 4.69) is 5.32 Å². The molecular formula is C9H21NO. The number of hydrogen-bond donors (Lipinski definition) is 1. The van der Waals surface area contributed by atoms with Gasteiger partial charge >= 0.3 is 0 Å². The summed E-state index contributed by atoms with van der Waals surface area (Å²) >= 11 is 0. The molecule has 0 aromatic carbocycles. The first-order valence-corrected chi connectivity index (χ1v) is 4.40. The second kappa shape index (κ2) is 6.62. The van der Waals surface area contributed by atoms with E-state index < -0.39 is 0 Å². The van der Waals surface area contributed by atoms with Crippen LogP contribution in [0.1, 0.15) is 33.1 Å². The molecule has 11 heavy (non-hydrogen) atoms. The zero-order valence-electron chi connectivity index (χ0n) is 8.18. The Hall–Kier alpha value is -0.0800. The molecule has 0 unspecified atom stereocenters. The van der Waals surface area contributed by atoms with Gasteiger partial charge in [-0.2, -0.15) is 0 Å². The summed E-state index contributed by atoms with van der Waals surface area (Å²) in [6.07, 6.45) is 4.62. The molecule has 1 aliphatic carbocycles. The van der Waals surface area contributed by atoms with Gasteiger partial charge in [0.1, 0.15) is 0 Å². The minimum absolute atomic E-state index is 0.384. The molecule has 0 spiro atoms. The summed E-state index contributed by atoms with van der Waals surface area (Å²) in [5.74, 6) is 0. The molecule has 2 nitrogen and oxygen atoms in total. The summed E-state index contributed by atoms with van der Waals surface area (Å²) in [4.78, 5) is 0. The predicted molar refractivity (Wildman–Crippen MR) is 48.8 cm³/mol. The summed E-state index contributed by atoms with van der Waals surface area (Å²) in [6, 6.07) is 0.866. The van der Waals surface area contributed by atoms with Crippen molar-refractivity contribution in [3.63, 3.8) is 0 Å². The topological polar surface area (TPSA) is 21.3 Å². The third kappa shape index (κ3) is 6.32. The number of methoxy groups -OCH3 is 1. The van der Waals surface area contributed by atoms with Crippen molar-refractivity contribution in [2.75, 3.05) is 14.2 Å². The van der Waals surface area contributed by atoms with Crippen molar-refractivity contribution in [1.29, 1.82) is 0 Å². The quantitative estimate of drug-likeness (QED) is 0.663. The zero-order valence-corrected chi connectivity index (χ0v) is 8.18. The highest BCUT2D eigenvalue weighted by Crippen LogP contribution is 2.16. The fourth-order valence-electron chi connectivity index (χ4n) is 0.697. The Labute approximate surface area is 70.3 Å². The molecule has 0 atom stereocenters. The van der Waals surface area contributed by atoms with Crippen LogP contribution in [0.2, 0.25) is 0 Å². The summed E-state index contributed by atoms with van der Waals surface area (Å²) < 4.78 is 4.75. The predicted octanol–water partition coefficient (Wildman–Crippen LogP) is 1.80. The van der Waals surface area contributed by atoms with E-state index in [4.69, 9.17) is 4.74 Å². The van der Waals surface area contributed by atoms with E-state index in [1.54, 1.807) is 7.11 Å². The van der Waals surface area contributed by atoms with E-state index in [0.717, 1.165) is 6.04 Å². The fourth-order valence-corrected chi connectivity index (χ4v) is 0.697. The van der Waals surface area contributed by atoms with Crippen LogP contribution in [0, 0.1) is 0 Å². The maximum atomic E-state index is 4.75. The van der Waals surface area contributed by atoms with Crippen molar-refractivity contribution in [2.24, 2.45) is 0 Å². The molecule has 1 aliphatic rings. The van der Waals surface area contributed by atoms with Gasteiger partial charge in [-0.15, -0.1) is 0 Å². The Kier molecular flexibility index (Phi) is 6.57. The van der Waals surface area contributed by atoms with E-state index in [1.807, 2.05) is 20.9 Å². The van der Waals surface area contributed by atoms with E-state index in [-0.39, 0.29) is 0 Å². The summed E-state index contributed by atoms with van der Waals surface area (Å²) in [6.45, 7) is 4.00. The average Bonchev–Trinajstić information content (AvgIpc) is 1.87. The molecular weight excluding hydrogens is 138 g/mol. The molecule has 2 heteroatoms. The van der Waals surface area contributed by atoms with Gasteiger partial charge in [0, 0.05) is 13.2 Å². The molecule has 1 N–H and O–H groups in total. The Morgan fingerprint density at radius 2 is 1.82 bits per heavy atom. The first-order valence-electron chi connectivity index (χ1n) is 4.40. The van der Waals surface area contributed by atoms with Gasteiger partial charge in [0.05, 0.1) is 6.10 Å². The molecule has 0 aromatic rings. The molecule has 1 rings (SSSR count). The SMILES string of the molecule is CNC1CCC1.COC(C)C. The van der Waals surface area contributed by atoms with Gasteiger partial charge in [-0.25, -0.2) is 0 Å². The number of rotatable bonds is 2. The fraction of sp³-hybridized carbons (Fsp3) is 1.00. The second-order valence-corrected chi connectivity index (χ2v) is 3.20. The van der Waals surface area contributed by atoms with Gasteiger partial charge in [0.2, 0.25) is 0 Å². The number of hydrogen-bond acceptors (Lipinski definition) is 2. The van der Waals surface area contributed by atoms with Gasteiger partial charge in [-0.1, -0.05) is 6.42 Å². The van der Waals surface area contributed by atoms with Crippen LogP contribution in [-0.4, -0.2) is 26.3 Å². The van der Waals surface area contributed by atoms with Gasteiger partial charge in [-0.3, -0.25) is 0 Å². The van der Waals surface area contributed by atoms with Crippen molar-refractivity contribution >= 4 is 0 Å². The highest BCUT2D eigenvalue weighted by molar-refractivity contribution is 4.73. The van der Waals surface area contributed by atoms with Crippen LogP contribution in [0.5, 0.6) is 0 Å². The van der Waals surface area contributed by atoms with Gasteiger partial charge in [0.25, 0.3) is 0 Å². The Balaban J connectivity index is 0.000000187. The van der Waals surface area contributed by atoms with Crippen molar-refractivity contribution in [3.8, 4) is 0 Å². The van der Waals surface area contributed by atoms with Crippen LogP contribution >= 0.6 is 0 Å². The standard InChI is InChI=1S/C5H11N.C4H10O/c1-6-5-3-2-4-5;1-4(2)5-3/h5-6H,2-4H2,1H3;4H,1-3H3. The van der Waals surface area contributed by atoms with E-state index in [9.17, 15) is 0 Å². The lowest BCUT2D eigenvalue weighted by Gasteiger charge is -2.23. The third-order valence-electron chi connectivity index (χ3n) is 1.98. The Morgan fingerprint density at radius 3 is 1.82 bits per heavy atom. The van der Waals surface area contributed by atoms with Crippen molar-refractivity contribution < 1.29 is 4.74 Å². The maximum absolute atomic E-state index is 4.75. The summed E-state index contributed by atoms with van der Waals surface area (Å²) in [5.41, 5.74) is 0. The zero-order chi connectivity index (χ0) is 8.69. The highest BCUT2D eigenvalue weighted by Gasteiger charge is 2.13. The first kappa shape index (κ1) is 10.9. The van der Waals surface area contributed by atoms with Gasteiger partial charge in [0.15, 0.2) is 0 Å². The normalized spacial score (nSPS) is 17.2. The van der Waals surface area contributed by atoms with Crippen molar-refractivity contribution in [1.82, 2.24) is 5.32 Å². The molecule has 0 aliphatic heterocycles. The molecule has 0 radical (unpaired) electrons. The largest absolute Gasteiger partial charge is 0.382 e. The lowest BCUT2D eigenvalue weighted by Crippen LogP contribution is -2.31. The number of nitrogens with one attached hydrogen (secondary N) is 1. The molecule has 0 saturated heterocycles. The van der Waals surface area contributed by atoms with Crippen LogP contribution in [0.3, 0.4) is 0 Å². The molecule has 68 valence electrons. The Morgan fingerprint density at radius 1 is 1.36 bits per heavy atom. The lowest BCUT2D eigenvalue weighted by molar-refractivity contribution is 0.134. The van der Waals surface area contributed by atoms with E-state index >= 15 is 0 Å². The van der Waals surface area contributed by atoms with E-state index in [1.165, 1.54) is 19.3 Å². The average molecular weight is 159 g/mol. The Bertz CT molecular complexity index is 76.9. The van der Waals surface area contributed by atoms with Crippen molar-refractivity contribution in [2.45, 2.75) is 45.3 Å². The number of ether oxygens (including phenoxy) is 1. The smallest absolute Gasteiger partial charge is 0.0515 e. The van der Waals surface area contributed by atoms with Gasteiger partial charge < -0.3 is 10.1 Å². The van der Waals surface area contributed by atoms with Crippen LogP contribution in [0.15, 0.2) is 0 Å². The minimum Gasteiger partial charge on any atom is -0.382 e. The third-order valence-corrected chi connectivity index (χ3v) is 1.98. The molecule has 0 aromatic heterocycles. The van der Waals surface area contributed by atoms with Crippen LogP contribution in [0.25, 0.3) is 0 Å². The molecule has 0 heterocycles. The van der Waals surface area contributed by atoms with Crippen LogP contribution in [0.4, 0.5) is 0 Å². The summed E-state index contributed by atoms with van der Waals surface area (Å²) in [5, 5.41) is 3.20. The summed E-state index contributed by atoms with van der Waals surface area (Å²) in [7, 11) is 3.73. The highest BCUT2D eigenvalue weighted by atomic mass is 16.5.